The van der Waals surface area contributed by atoms with Gasteiger partial charge in [0, 0.05) is 29.3 Å². The maximum atomic E-state index is 9.30. The Balaban J connectivity index is 3.06. The van der Waals surface area contributed by atoms with E-state index in [4.69, 9.17) is 11.6 Å². The highest BCUT2D eigenvalue weighted by molar-refractivity contribution is 6.31. The van der Waals surface area contributed by atoms with Crippen LogP contribution in [0.2, 0.25) is 5.02 Å². The number of nitrogens with zero attached hydrogens (tertiary/aromatic N) is 1. The monoisotopic (exact) mass is 298 g/mol. The Bertz CT molecular complexity index is 407. The summed E-state index contributed by atoms with van der Waals surface area (Å²) in [7, 11) is 1.93. The Morgan fingerprint density at radius 3 is 2.40 bits per heavy atom. The summed E-state index contributed by atoms with van der Waals surface area (Å²) in [4.78, 5) is 2.25. The molecule has 0 fully saturated rings. The number of halogens is 1. The van der Waals surface area contributed by atoms with E-state index in [1.807, 2.05) is 13.1 Å². The average Bonchev–Trinajstić information content (AvgIpc) is 2.46. The van der Waals surface area contributed by atoms with Gasteiger partial charge in [-0.3, -0.25) is 0 Å². The fourth-order valence-corrected chi connectivity index (χ4v) is 2.90. The number of hydrogen-bond donors (Lipinski definition) is 2. The number of anilines is 1. The van der Waals surface area contributed by atoms with Crippen LogP contribution in [0.3, 0.4) is 0 Å². The Labute approximate surface area is 127 Å². The van der Waals surface area contributed by atoms with Crippen LogP contribution in [0.4, 0.5) is 5.69 Å². The third-order valence-corrected chi connectivity index (χ3v) is 4.27. The zero-order chi connectivity index (χ0) is 15.1. The molecular formula is C16H27ClN2O. The van der Waals surface area contributed by atoms with E-state index >= 15 is 0 Å². The fourth-order valence-electron chi connectivity index (χ4n) is 2.56. The van der Waals surface area contributed by atoms with Crippen LogP contribution in [0.5, 0.6) is 0 Å². The summed E-state index contributed by atoms with van der Waals surface area (Å²) in [5, 5.41) is 13.3. The van der Waals surface area contributed by atoms with Crippen LogP contribution in [0.15, 0.2) is 18.2 Å². The second kappa shape index (κ2) is 8.50. The molecule has 0 aliphatic rings. The van der Waals surface area contributed by atoms with E-state index < -0.39 is 0 Å². The van der Waals surface area contributed by atoms with Gasteiger partial charge in [-0.15, -0.1) is 0 Å². The molecular weight excluding hydrogens is 272 g/mol. The van der Waals surface area contributed by atoms with Gasteiger partial charge in [-0.05, 0) is 44.5 Å². The molecule has 114 valence electrons. The minimum atomic E-state index is 0.156. The third kappa shape index (κ3) is 4.11. The minimum Gasteiger partial charge on any atom is -0.395 e. The summed E-state index contributed by atoms with van der Waals surface area (Å²) < 4.78 is 0. The SMILES string of the molecule is CCC(CC)N(CCO)c1ccc(C(C)NC)c(Cl)c1. The van der Waals surface area contributed by atoms with Gasteiger partial charge in [-0.25, -0.2) is 0 Å². The number of hydrogen-bond acceptors (Lipinski definition) is 3. The molecule has 0 bridgehead atoms. The van der Waals surface area contributed by atoms with Gasteiger partial charge in [0.15, 0.2) is 0 Å². The Morgan fingerprint density at radius 2 is 1.95 bits per heavy atom. The number of aliphatic hydroxyl groups excluding tert-OH is 1. The molecule has 1 aromatic rings. The van der Waals surface area contributed by atoms with Gasteiger partial charge >= 0.3 is 0 Å². The molecule has 20 heavy (non-hydrogen) atoms. The zero-order valence-electron chi connectivity index (χ0n) is 13.0. The van der Waals surface area contributed by atoms with Gasteiger partial charge in [0.2, 0.25) is 0 Å². The van der Waals surface area contributed by atoms with Crippen molar-refractivity contribution in [1.82, 2.24) is 5.32 Å². The molecule has 1 atom stereocenters. The largest absolute Gasteiger partial charge is 0.395 e. The van der Waals surface area contributed by atoms with Crippen molar-refractivity contribution in [2.24, 2.45) is 0 Å². The predicted octanol–water partition coefficient (Wildman–Crippen LogP) is 3.61. The first-order valence-electron chi connectivity index (χ1n) is 7.43. The average molecular weight is 299 g/mol. The normalized spacial score (nSPS) is 12.8. The summed E-state index contributed by atoms with van der Waals surface area (Å²) in [5.74, 6) is 0. The zero-order valence-corrected chi connectivity index (χ0v) is 13.7. The second-order valence-corrected chi connectivity index (χ2v) is 5.51. The highest BCUT2D eigenvalue weighted by atomic mass is 35.5. The van der Waals surface area contributed by atoms with Crippen LogP contribution in [0.1, 0.15) is 45.2 Å². The van der Waals surface area contributed by atoms with Crippen LogP contribution in [0.25, 0.3) is 0 Å². The number of benzene rings is 1. The molecule has 4 heteroatoms. The highest BCUT2D eigenvalue weighted by Crippen LogP contribution is 2.29. The first kappa shape index (κ1) is 17.3. The lowest BCUT2D eigenvalue weighted by molar-refractivity contribution is 0.296. The van der Waals surface area contributed by atoms with Gasteiger partial charge < -0.3 is 15.3 Å². The third-order valence-electron chi connectivity index (χ3n) is 3.94. The molecule has 0 amide bonds. The quantitative estimate of drug-likeness (QED) is 0.769. The van der Waals surface area contributed by atoms with Crippen molar-refractivity contribution < 1.29 is 5.11 Å². The van der Waals surface area contributed by atoms with Crippen LogP contribution in [-0.4, -0.2) is 31.3 Å². The van der Waals surface area contributed by atoms with Crippen LogP contribution in [0, 0.1) is 0 Å². The van der Waals surface area contributed by atoms with Crippen molar-refractivity contribution in [3.8, 4) is 0 Å². The van der Waals surface area contributed by atoms with Crippen molar-refractivity contribution in [3.05, 3.63) is 28.8 Å². The number of rotatable bonds is 8. The first-order valence-corrected chi connectivity index (χ1v) is 7.80. The first-order chi connectivity index (χ1) is 9.58. The lowest BCUT2D eigenvalue weighted by Gasteiger charge is -2.32. The molecule has 1 aromatic carbocycles. The molecule has 1 rings (SSSR count). The van der Waals surface area contributed by atoms with E-state index in [-0.39, 0.29) is 12.6 Å². The molecule has 0 radical (unpaired) electrons. The standard InChI is InChI=1S/C16H27ClN2O/c1-5-13(6-2)19(9-10-20)14-7-8-15(12(3)18-4)16(17)11-14/h7-8,11-13,18,20H,5-6,9-10H2,1-4H3. The van der Waals surface area contributed by atoms with E-state index in [2.05, 4.69) is 43.1 Å². The maximum absolute atomic E-state index is 9.30. The van der Waals surface area contributed by atoms with E-state index in [0.717, 1.165) is 29.1 Å². The van der Waals surface area contributed by atoms with Gasteiger partial charge in [0.1, 0.15) is 0 Å². The molecule has 0 aromatic heterocycles. The van der Waals surface area contributed by atoms with E-state index in [1.165, 1.54) is 0 Å². The molecule has 1 unspecified atom stereocenters. The van der Waals surface area contributed by atoms with Gasteiger partial charge in [-0.1, -0.05) is 31.5 Å². The van der Waals surface area contributed by atoms with Crippen LogP contribution in [-0.2, 0) is 0 Å². The number of nitrogens with one attached hydrogen (secondary N) is 1. The lowest BCUT2D eigenvalue weighted by Crippen LogP contribution is -2.36. The maximum Gasteiger partial charge on any atom is 0.0606 e. The van der Waals surface area contributed by atoms with Crippen molar-refractivity contribution in [1.29, 1.82) is 0 Å². The van der Waals surface area contributed by atoms with Crippen molar-refractivity contribution >= 4 is 17.3 Å². The van der Waals surface area contributed by atoms with Crippen LogP contribution < -0.4 is 10.2 Å². The summed E-state index contributed by atoms with van der Waals surface area (Å²) in [6, 6.07) is 6.86. The lowest BCUT2D eigenvalue weighted by atomic mass is 10.1. The van der Waals surface area contributed by atoms with Gasteiger partial charge in [0.05, 0.1) is 6.61 Å². The van der Waals surface area contributed by atoms with E-state index in [9.17, 15) is 5.11 Å². The Kier molecular flexibility index (Phi) is 7.35. The molecule has 0 saturated carbocycles. The summed E-state index contributed by atoms with van der Waals surface area (Å²) in [6.07, 6.45) is 2.12. The van der Waals surface area contributed by atoms with Gasteiger partial charge in [0.25, 0.3) is 0 Å². The Morgan fingerprint density at radius 1 is 1.30 bits per heavy atom. The predicted molar refractivity (Wildman–Crippen MR) is 87.7 cm³/mol. The molecule has 0 spiro atoms. The summed E-state index contributed by atoms with van der Waals surface area (Å²) >= 11 is 6.41. The fraction of sp³-hybridized carbons (Fsp3) is 0.625. The molecule has 0 aliphatic heterocycles. The molecule has 0 heterocycles. The molecule has 0 saturated heterocycles. The molecule has 2 N–H and O–H groups in total. The van der Waals surface area contributed by atoms with Gasteiger partial charge in [-0.2, -0.15) is 0 Å². The van der Waals surface area contributed by atoms with Crippen molar-refractivity contribution in [3.63, 3.8) is 0 Å². The van der Waals surface area contributed by atoms with Crippen molar-refractivity contribution in [2.45, 2.75) is 45.7 Å². The smallest absolute Gasteiger partial charge is 0.0606 e. The van der Waals surface area contributed by atoms with Crippen LogP contribution >= 0.6 is 11.6 Å². The molecule has 3 nitrogen and oxygen atoms in total. The minimum absolute atomic E-state index is 0.156. The summed E-state index contributed by atoms with van der Waals surface area (Å²) in [5.41, 5.74) is 2.19. The molecule has 0 aliphatic carbocycles. The topological polar surface area (TPSA) is 35.5 Å². The Hall–Kier alpha value is -0.770. The van der Waals surface area contributed by atoms with E-state index in [1.54, 1.807) is 0 Å². The highest BCUT2D eigenvalue weighted by Gasteiger charge is 2.17. The second-order valence-electron chi connectivity index (χ2n) is 5.10. The van der Waals surface area contributed by atoms with Crippen molar-refractivity contribution in [2.75, 3.05) is 25.1 Å². The summed E-state index contributed by atoms with van der Waals surface area (Å²) in [6.45, 7) is 7.24. The van der Waals surface area contributed by atoms with E-state index in [0.29, 0.717) is 12.6 Å². The number of aliphatic hydroxyl groups is 1.